The van der Waals surface area contributed by atoms with E-state index in [0.29, 0.717) is 13.1 Å². The summed E-state index contributed by atoms with van der Waals surface area (Å²) in [5.74, 6) is -2.60. The van der Waals surface area contributed by atoms with Crippen molar-refractivity contribution in [2.75, 3.05) is 13.1 Å². The third-order valence-corrected chi connectivity index (χ3v) is 3.16. The smallest absolute Gasteiger partial charge is 0.326 e. The second-order valence-corrected chi connectivity index (χ2v) is 5.63. The Morgan fingerprint density at radius 2 is 1.95 bits per heavy atom. The molecule has 1 saturated heterocycles. The summed E-state index contributed by atoms with van der Waals surface area (Å²) in [6.45, 7) is 5.18. The van der Waals surface area contributed by atoms with Gasteiger partial charge in [-0.3, -0.25) is 4.79 Å². The fraction of sp³-hybridized carbons (Fsp3) is 0.750. The first kappa shape index (κ1) is 15.3. The van der Waals surface area contributed by atoms with Crippen molar-refractivity contribution < 1.29 is 24.6 Å². The maximum atomic E-state index is 11.9. The zero-order valence-corrected chi connectivity index (χ0v) is 11.2. The molecular weight excluding hydrogens is 252 g/mol. The summed E-state index contributed by atoms with van der Waals surface area (Å²) in [6, 6.07) is -1.91. The van der Waals surface area contributed by atoms with Crippen LogP contribution in [-0.2, 0) is 9.59 Å². The zero-order valence-electron chi connectivity index (χ0n) is 11.2. The van der Waals surface area contributed by atoms with Crippen molar-refractivity contribution in [3.63, 3.8) is 0 Å². The SMILES string of the molecule is CC1(C)CCCN(C(=O)N[C@@H](CC(=O)O)C(=O)O)C1. The molecule has 1 heterocycles. The molecule has 0 aliphatic carbocycles. The van der Waals surface area contributed by atoms with Crippen LogP contribution >= 0.6 is 0 Å². The van der Waals surface area contributed by atoms with Gasteiger partial charge in [0, 0.05) is 13.1 Å². The van der Waals surface area contributed by atoms with Crippen LogP contribution in [0.5, 0.6) is 0 Å². The van der Waals surface area contributed by atoms with E-state index in [1.54, 1.807) is 4.90 Å². The molecule has 1 rings (SSSR count). The highest BCUT2D eigenvalue weighted by Crippen LogP contribution is 2.28. The van der Waals surface area contributed by atoms with Crippen molar-refractivity contribution in [1.82, 2.24) is 10.2 Å². The Morgan fingerprint density at radius 1 is 1.32 bits per heavy atom. The molecule has 0 aromatic rings. The van der Waals surface area contributed by atoms with Gasteiger partial charge in [-0.05, 0) is 18.3 Å². The first-order valence-corrected chi connectivity index (χ1v) is 6.21. The molecule has 7 nitrogen and oxygen atoms in total. The van der Waals surface area contributed by atoms with Gasteiger partial charge in [-0.2, -0.15) is 0 Å². The number of carboxylic acid groups (broad SMARTS) is 2. The average Bonchev–Trinajstić information content (AvgIpc) is 2.25. The van der Waals surface area contributed by atoms with Crippen LogP contribution in [0.25, 0.3) is 0 Å². The van der Waals surface area contributed by atoms with Crippen molar-refractivity contribution in [2.24, 2.45) is 5.41 Å². The second-order valence-electron chi connectivity index (χ2n) is 5.63. The lowest BCUT2D eigenvalue weighted by molar-refractivity contribution is -0.145. The molecule has 2 amide bonds. The minimum Gasteiger partial charge on any atom is -0.481 e. The molecule has 1 aliphatic heterocycles. The van der Waals surface area contributed by atoms with Gasteiger partial charge in [0.15, 0.2) is 0 Å². The largest absolute Gasteiger partial charge is 0.481 e. The number of carboxylic acids is 2. The van der Waals surface area contributed by atoms with Crippen LogP contribution < -0.4 is 5.32 Å². The van der Waals surface area contributed by atoms with E-state index in [1.807, 2.05) is 13.8 Å². The summed E-state index contributed by atoms with van der Waals surface area (Å²) in [7, 11) is 0. The van der Waals surface area contributed by atoms with E-state index in [9.17, 15) is 14.4 Å². The Labute approximate surface area is 111 Å². The fourth-order valence-electron chi connectivity index (χ4n) is 2.21. The lowest BCUT2D eigenvalue weighted by atomic mass is 9.84. The quantitative estimate of drug-likeness (QED) is 0.700. The summed E-state index contributed by atoms with van der Waals surface area (Å²) in [6.07, 6.45) is 1.24. The maximum Gasteiger partial charge on any atom is 0.326 e. The predicted molar refractivity (Wildman–Crippen MR) is 66.8 cm³/mol. The van der Waals surface area contributed by atoms with Gasteiger partial charge in [0.05, 0.1) is 6.42 Å². The molecule has 108 valence electrons. The van der Waals surface area contributed by atoms with Gasteiger partial charge < -0.3 is 20.4 Å². The molecule has 0 unspecified atom stereocenters. The van der Waals surface area contributed by atoms with Crippen molar-refractivity contribution in [3.05, 3.63) is 0 Å². The van der Waals surface area contributed by atoms with E-state index in [4.69, 9.17) is 10.2 Å². The summed E-state index contributed by atoms with van der Waals surface area (Å²) >= 11 is 0. The van der Waals surface area contributed by atoms with Crippen LogP contribution in [0.4, 0.5) is 4.79 Å². The van der Waals surface area contributed by atoms with Crippen molar-refractivity contribution in [3.8, 4) is 0 Å². The second kappa shape index (κ2) is 5.90. The van der Waals surface area contributed by atoms with Gasteiger partial charge in [0.25, 0.3) is 0 Å². The van der Waals surface area contributed by atoms with Crippen LogP contribution in [-0.4, -0.2) is 52.2 Å². The Kier molecular flexibility index (Phi) is 4.74. The number of piperidine rings is 1. The normalized spacial score (nSPS) is 19.6. The number of nitrogens with one attached hydrogen (secondary N) is 1. The van der Waals surface area contributed by atoms with Gasteiger partial charge in [0.1, 0.15) is 6.04 Å². The number of nitrogens with zero attached hydrogens (tertiary/aromatic N) is 1. The Hall–Kier alpha value is -1.79. The highest BCUT2D eigenvalue weighted by molar-refractivity contribution is 5.86. The summed E-state index contributed by atoms with van der Waals surface area (Å²) in [5.41, 5.74) is 0.00110. The molecule has 3 N–H and O–H groups in total. The van der Waals surface area contributed by atoms with Crippen molar-refractivity contribution in [2.45, 2.75) is 39.2 Å². The van der Waals surface area contributed by atoms with E-state index in [1.165, 1.54) is 0 Å². The Bertz CT molecular complexity index is 380. The molecule has 7 heteroatoms. The number of amides is 2. The minimum absolute atomic E-state index is 0.00110. The van der Waals surface area contributed by atoms with Gasteiger partial charge >= 0.3 is 18.0 Å². The molecule has 0 saturated carbocycles. The number of urea groups is 1. The highest BCUT2D eigenvalue weighted by Gasteiger charge is 2.31. The zero-order chi connectivity index (χ0) is 14.6. The highest BCUT2D eigenvalue weighted by atomic mass is 16.4. The van der Waals surface area contributed by atoms with Crippen molar-refractivity contribution in [1.29, 1.82) is 0 Å². The Balaban J connectivity index is 2.61. The van der Waals surface area contributed by atoms with Crippen LogP contribution in [0.2, 0.25) is 0 Å². The monoisotopic (exact) mass is 272 g/mol. The molecule has 1 aliphatic rings. The minimum atomic E-state index is -1.39. The van der Waals surface area contributed by atoms with E-state index in [-0.39, 0.29) is 5.41 Å². The number of likely N-dealkylation sites (tertiary alicyclic amines) is 1. The molecule has 0 bridgehead atoms. The van der Waals surface area contributed by atoms with E-state index >= 15 is 0 Å². The van der Waals surface area contributed by atoms with Gasteiger partial charge in [-0.15, -0.1) is 0 Å². The van der Waals surface area contributed by atoms with Gasteiger partial charge in [-0.25, -0.2) is 9.59 Å². The predicted octanol–water partition coefficient (Wildman–Crippen LogP) is 0.746. The van der Waals surface area contributed by atoms with Crippen LogP contribution in [0.1, 0.15) is 33.1 Å². The summed E-state index contributed by atoms with van der Waals surface area (Å²) in [4.78, 5) is 34.9. The number of aliphatic carboxylic acids is 2. The first-order chi connectivity index (χ1) is 8.71. The molecule has 19 heavy (non-hydrogen) atoms. The molecule has 1 fully saturated rings. The van der Waals surface area contributed by atoms with E-state index in [0.717, 1.165) is 12.8 Å². The Morgan fingerprint density at radius 3 is 2.42 bits per heavy atom. The van der Waals surface area contributed by atoms with E-state index < -0.39 is 30.4 Å². The standard InChI is InChI=1S/C12H20N2O5/c1-12(2)4-3-5-14(7-12)11(19)13-8(10(17)18)6-9(15)16/h8H,3-7H2,1-2H3,(H,13,19)(H,15,16)(H,17,18)/t8-/m0/s1. The molecule has 0 aromatic carbocycles. The van der Waals surface area contributed by atoms with Crippen molar-refractivity contribution >= 4 is 18.0 Å². The van der Waals surface area contributed by atoms with Crippen LogP contribution in [0.15, 0.2) is 0 Å². The van der Waals surface area contributed by atoms with E-state index in [2.05, 4.69) is 5.32 Å². The fourth-order valence-corrected chi connectivity index (χ4v) is 2.21. The molecule has 0 spiro atoms. The number of carbonyl (C=O) groups excluding carboxylic acids is 1. The first-order valence-electron chi connectivity index (χ1n) is 6.21. The third-order valence-electron chi connectivity index (χ3n) is 3.16. The number of carbonyl (C=O) groups is 3. The number of hydrogen-bond acceptors (Lipinski definition) is 3. The van der Waals surface area contributed by atoms with Gasteiger partial charge in [0.2, 0.25) is 0 Å². The van der Waals surface area contributed by atoms with Crippen LogP contribution in [0, 0.1) is 5.41 Å². The number of rotatable bonds is 4. The number of hydrogen-bond donors (Lipinski definition) is 3. The molecule has 0 aromatic heterocycles. The maximum absolute atomic E-state index is 11.9. The van der Waals surface area contributed by atoms with Gasteiger partial charge in [-0.1, -0.05) is 13.8 Å². The summed E-state index contributed by atoms with van der Waals surface area (Å²) in [5, 5.41) is 19.7. The molecule has 0 radical (unpaired) electrons. The third kappa shape index (κ3) is 4.76. The lowest BCUT2D eigenvalue weighted by Gasteiger charge is -2.38. The molecular formula is C12H20N2O5. The molecule has 1 atom stereocenters. The topological polar surface area (TPSA) is 107 Å². The summed E-state index contributed by atoms with van der Waals surface area (Å²) < 4.78 is 0. The van der Waals surface area contributed by atoms with Crippen LogP contribution in [0.3, 0.4) is 0 Å². The lowest BCUT2D eigenvalue weighted by Crippen LogP contribution is -2.52. The average molecular weight is 272 g/mol.